The van der Waals surface area contributed by atoms with E-state index in [4.69, 9.17) is 10.2 Å². The van der Waals surface area contributed by atoms with Gasteiger partial charge >= 0.3 is 11.9 Å². The van der Waals surface area contributed by atoms with Gasteiger partial charge < -0.3 is 10.2 Å². The van der Waals surface area contributed by atoms with E-state index in [9.17, 15) is 9.59 Å². The third kappa shape index (κ3) is 5.37. The van der Waals surface area contributed by atoms with Gasteiger partial charge in [-0.25, -0.2) is 4.79 Å². The highest BCUT2D eigenvalue weighted by Crippen LogP contribution is 2.31. The molecular weight excluding hydrogens is 268 g/mol. The van der Waals surface area contributed by atoms with Crippen LogP contribution >= 0.6 is 0 Å². The van der Waals surface area contributed by atoms with Crippen LogP contribution in [0.15, 0.2) is 23.8 Å². The maximum Gasteiger partial charge on any atom is 0.331 e. The molecule has 2 N–H and O–H groups in total. The van der Waals surface area contributed by atoms with Crippen molar-refractivity contribution in [2.75, 3.05) is 0 Å². The van der Waals surface area contributed by atoms with Crippen LogP contribution in [0.2, 0.25) is 0 Å². The van der Waals surface area contributed by atoms with Gasteiger partial charge in [-0.2, -0.15) is 0 Å². The maximum absolute atomic E-state index is 10.8. The Morgan fingerprint density at radius 1 is 1.24 bits per heavy atom. The minimum absolute atomic E-state index is 0.0359. The minimum Gasteiger partial charge on any atom is -0.481 e. The van der Waals surface area contributed by atoms with E-state index in [1.807, 2.05) is 0 Å². The van der Waals surface area contributed by atoms with E-state index in [-0.39, 0.29) is 12.0 Å². The van der Waals surface area contributed by atoms with Gasteiger partial charge in [0.05, 0.1) is 5.41 Å². The Morgan fingerprint density at radius 2 is 1.86 bits per heavy atom. The predicted molar refractivity (Wildman–Crippen MR) is 82.1 cm³/mol. The Morgan fingerprint density at radius 3 is 2.29 bits per heavy atom. The summed E-state index contributed by atoms with van der Waals surface area (Å²) in [5.41, 5.74) is -0.949. The van der Waals surface area contributed by atoms with Crippen LogP contribution in [0.3, 0.4) is 0 Å². The first-order chi connectivity index (χ1) is 9.89. The fraction of sp³-hybridized carbons (Fsp3) is 0.647. The topological polar surface area (TPSA) is 74.6 Å². The lowest BCUT2D eigenvalue weighted by Crippen LogP contribution is -2.28. The standard InChI is InChI=1S/C9H10O4.C8H16/c1-9(8(12)13)4-2-3-6(5-9)7(10)11;1-2-8-6-4-3-5-7-8/h2-4H,5H2,1H3,(H,10,11)(H,12,13);8H,2-7H2,1H3. The van der Waals surface area contributed by atoms with E-state index in [0.717, 1.165) is 5.92 Å². The molecule has 4 nitrogen and oxygen atoms in total. The van der Waals surface area contributed by atoms with Crippen LogP contribution in [0.4, 0.5) is 0 Å². The van der Waals surface area contributed by atoms with Gasteiger partial charge in [-0.1, -0.05) is 63.7 Å². The molecule has 0 aromatic carbocycles. The van der Waals surface area contributed by atoms with E-state index >= 15 is 0 Å². The molecule has 118 valence electrons. The van der Waals surface area contributed by atoms with E-state index in [0.29, 0.717) is 0 Å². The lowest BCUT2D eigenvalue weighted by molar-refractivity contribution is -0.145. The molecule has 21 heavy (non-hydrogen) atoms. The Bertz CT molecular complexity index is 430. The van der Waals surface area contributed by atoms with Crippen LogP contribution in [0.25, 0.3) is 0 Å². The molecule has 0 spiro atoms. The van der Waals surface area contributed by atoms with Gasteiger partial charge in [-0.15, -0.1) is 0 Å². The van der Waals surface area contributed by atoms with E-state index in [1.165, 1.54) is 63.7 Å². The molecule has 0 radical (unpaired) electrons. The largest absolute Gasteiger partial charge is 0.481 e. The van der Waals surface area contributed by atoms with Crippen molar-refractivity contribution in [3.8, 4) is 0 Å². The van der Waals surface area contributed by atoms with Crippen LogP contribution in [-0.4, -0.2) is 22.2 Å². The van der Waals surface area contributed by atoms with Crippen molar-refractivity contribution in [2.45, 2.75) is 58.8 Å². The molecule has 0 aliphatic heterocycles. The highest BCUT2D eigenvalue weighted by molar-refractivity contribution is 5.90. The Hall–Kier alpha value is -1.58. The molecule has 0 amide bonds. The second-order valence-electron chi connectivity index (χ2n) is 6.17. The predicted octanol–water partition coefficient (Wildman–Crippen LogP) is 4.02. The van der Waals surface area contributed by atoms with Gasteiger partial charge in [0.1, 0.15) is 0 Å². The summed E-state index contributed by atoms with van der Waals surface area (Å²) >= 11 is 0. The number of allylic oxidation sites excluding steroid dienone is 2. The molecule has 2 aliphatic rings. The first kappa shape index (κ1) is 17.5. The fourth-order valence-corrected chi connectivity index (χ4v) is 2.78. The number of rotatable bonds is 3. The number of carboxylic acids is 2. The summed E-state index contributed by atoms with van der Waals surface area (Å²) in [6, 6.07) is 0. The average Bonchev–Trinajstić information content (AvgIpc) is 2.48. The zero-order chi connectivity index (χ0) is 15.9. The van der Waals surface area contributed by atoms with Gasteiger partial charge in [0.2, 0.25) is 0 Å². The van der Waals surface area contributed by atoms with Crippen LogP contribution < -0.4 is 0 Å². The van der Waals surface area contributed by atoms with Crippen molar-refractivity contribution >= 4 is 11.9 Å². The van der Waals surface area contributed by atoms with Crippen LogP contribution in [0, 0.1) is 11.3 Å². The molecule has 0 bridgehead atoms. The molecule has 0 heterocycles. The van der Waals surface area contributed by atoms with Crippen LogP contribution in [0.5, 0.6) is 0 Å². The average molecular weight is 294 g/mol. The Labute approximate surface area is 126 Å². The van der Waals surface area contributed by atoms with E-state index < -0.39 is 17.4 Å². The highest BCUT2D eigenvalue weighted by atomic mass is 16.4. The molecule has 2 rings (SSSR count). The minimum atomic E-state index is -1.08. The molecule has 0 aromatic rings. The first-order valence-electron chi connectivity index (χ1n) is 7.74. The third-order valence-electron chi connectivity index (χ3n) is 4.38. The smallest absolute Gasteiger partial charge is 0.331 e. The summed E-state index contributed by atoms with van der Waals surface area (Å²) in [5, 5.41) is 17.5. The summed E-state index contributed by atoms with van der Waals surface area (Å²) < 4.78 is 0. The van der Waals surface area contributed by atoms with Crippen molar-refractivity contribution in [3.63, 3.8) is 0 Å². The number of carboxylic acid groups (broad SMARTS) is 2. The molecule has 1 unspecified atom stereocenters. The zero-order valence-electron chi connectivity index (χ0n) is 13.0. The van der Waals surface area contributed by atoms with Crippen molar-refractivity contribution in [2.24, 2.45) is 11.3 Å². The summed E-state index contributed by atoms with van der Waals surface area (Å²) in [5.74, 6) is -0.976. The van der Waals surface area contributed by atoms with E-state index in [1.54, 1.807) is 0 Å². The Kier molecular flexibility index (Phi) is 6.66. The third-order valence-corrected chi connectivity index (χ3v) is 4.38. The summed E-state index contributed by atoms with van der Waals surface area (Å²) in [6.07, 6.45) is 13.4. The molecular formula is C17H26O4. The van der Waals surface area contributed by atoms with Gasteiger partial charge in [0.15, 0.2) is 0 Å². The summed E-state index contributed by atoms with van der Waals surface area (Å²) in [6.45, 7) is 3.82. The lowest BCUT2D eigenvalue weighted by Gasteiger charge is -2.23. The van der Waals surface area contributed by atoms with Gasteiger partial charge in [0.25, 0.3) is 0 Å². The zero-order valence-corrected chi connectivity index (χ0v) is 13.0. The van der Waals surface area contributed by atoms with Crippen molar-refractivity contribution in [1.29, 1.82) is 0 Å². The molecule has 2 aliphatic carbocycles. The first-order valence-corrected chi connectivity index (χ1v) is 7.74. The monoisotopic (exact) mass is 294 g/mol. The molecule has 0 aromatic heterocycles. The van der Waals surface area contributed by atoms with E-state index in [2.05, 4.69) is 6.92 Å². The maximum atomic E-state index is 10.8. The molecule has 4 heteroatoms. The molecule has 1 fully saturated rings. The molecule has 1 saturated carbocycles. The summed E-state index contributed by atoms with van der Waals surface area (Å²) in [4.78, 5) is 21.3. The molecule has 1 atom stereocenters. The number of carbonyl (C=O) groups is 2. The quantitative estimate of drug-likeness (QED) is 0.824. The normalized spacial score (nSPS) is 25.5. The highest BCUT2D eigenvalue weighted by Gasteiger charge is 2.34. The fourth-order valence-electron chi connectivity index (χ4n) is 2.78. The number of hydrogen-bond acceptors (Lipinski definition) is 2. The SMILES string of the molecule is CC1(C(=O)O)C=CC=C(C(=O)O)C1.CCC1CCCCC1. The Balaban J connectivity index is 0.000000235. The number of aliphatic carboxylic acids is 2. The molecule has 0 saturated heterocycles. The van der Waals surface area contributed by atoms with Gasteiger partial charge in [0, 0.05) is 5.57 Å². The van der Waals surface area contributed by atoms with Crippen LogP contribution in [-0.2, 0) is 9.59 Å². The van der Waals surface area contributed by atoms with Crippen molar-refractivity contribution in [1.82, 2.24) is 0 Å². The van der Waals surface area contributed by atoms with Crippen molar-refractivity contribution < 1.29 is 19.8 Å². The second-order valence-corrected chi connectivity index (χ2v) is 6.17. The van der Waals surface area contributed by atoms with Gasteiger partial charge in [-0.05, 0) is 19.3 Å². The lowest BCUT2D eigenvalue weighted by atomic mass is 9.80. The summed E-state index contributed by atoms with van der Waals surface area (Å²) in [7, 11) is 0. The van der Waals surface area contributed by atoms with Crippen LogP contribution in [0.1, 0.15) is 58.8 Å². The number of hydrogen-bond donors (Lipinski definition) is 2. The second kappa shape index (κ2) is 8.01. The van der Waals surface area contributed by atoms with Gasteiger partial charge in [-0.3, -0.25) is 4.79 Å². The van der Waals surface area contributed by atoms with Crippen molar-refractivity contribution in [3.05, 3.63) is 23.8 Å².